The number of carbonyl (C=O) groups excluding carboxylic acids is 1. The lowest BCUT2D eigenvalue weighted by Crippen LogP contribution is -2.36. The van der Waals surface area contributed by atoms with E-state index in [1.807, 2.05) is 29.3 Å². The largest absolute Gasteiger partial charge is 0.361 e. The molecule has 2 rings (SSSR count). The quantitative estimate of drug-likeness (QED) is 0.756. The summed E-state index contributed by atoms with van der Waals surface area (Å²) in [7, 11) is 0. The van der Waals surface area contributed by atoms with Gasteiger partial charge in [-0.05, 0) is 17.6 Å². The van der Waals surface area contributed by atoms with E-state index in [1.54, 1.807) is 0 Å². The number of nitrogens with one attached hydrogen (secondary N) is 2. The molecular formula is C13H19N3O. The Morgan fingerprint density at radius 3 is 2.94 bits per heavy atom. The smallest absolute Gasteiger partial charge is 0.269 e. The Morgan fingerprint density at radius 1 is 1.47 bits per heavy atom. The van der Waals surface area contributed by atoms with E-state index in [9.17, 15) is 4.79 Å². The van der Waals surface area contributed by atoms with E-state index in [0.29, 0.717) is 18.9 Å². The zero-order chi connectivity index (χ0) is 12.5. The van der Waals surface area contributed by atoms with Crippen LogP contribution in [0.1, 0.15) is 20.8 Å². The molecule has 0 aromatic heterocycles. The Balaban J connectivity index is 2.05. The average Bonchev–Trinajstić information content (AvgIpc) is 2.68. The maximum Gasteiger partial charge on any atom is 0.269 e. The highest BCUT2D eigenvalue weighted by molar-refractivity contribution is 5.94. The standard InChI is InChI=1S/C13H19N3O/c1-13(2,3)8-14-12(17)11-10-6-4-5-7-16(10)9-15-11/h4-7,15H,8-9H2,1-3H3,(H,14,17). The first-order valence-corrected chi connectivity index (χ1v) is 5.85. The zero-order valence-corrected chi connectivity index (χ0v) is 10.6. The van der Waals surface area contributed by atoms with Gasteiger partial charge in [0.2, 0.25) is 0 Å². The van der Waals surface area contributed by atoms with Gasteiger partial charge in [-0.1, -0.05) is 26.8 Å². The SMILES string of the molecule is CC(C)(C)CNC(=O)C1=C2C=CC=CN2CN1. The molecule has 0 saturated heterocycles. The summed E-state index contributed by atoms with van der Waals surface area (Å²) in [5.41, 5.74) is 1.70. The predicted molar refractivity (Wildman–Crippen MR) is 67.6 cm³/mol. The van der Waals surface area contributed by atoms with Gasteiger partial charge in [-0.2, -0.15) is 0 Å². The van der Waals surface area contributed by atoms with Gasteiger partial charge in [-0.25, -0.2) is 0 Å². The summed E-state index contributed by atoms with van der Waals surface area (Å²) in [4.78, 5) is 14.1. The van der Waals surface area contributed by atoms with Gasteiger partial charge < -0.3 is 15.5 Å². The maximum absolute atomic E-state index is 12.0. The summed E-state index contributed by atoms with van der Waals surface area (Å²) >= 11 is 0. The second-order valence-corrected chi connectivity index (χ2v) is 5.51. The lowest BCUT2D eigenvalue weighted by Gasteiger charge is -2.19. The molecule has 0 spiro atoms. The second-order valence-electron chi connectivity index (χ2n) is 5.51. The van der Waals surface area contributed by atoms with E-state index < -0.39 is 0 Å². The third-order valence-corrected chi connectivity index (χ3v) is 2.63. The van der Waals surface area contributed by atoms with E-state index in [-0.39, 0.29) is 11.3 Å². The molecular weight excluding hydrogens is 214 g/mol. The number of nitrogens with zero attached hydrogens (tertiary/aromatic N) is 1. The van der Waals surface area contributed by atoms with Crippen molar-refractivity contribution in [1.29, 1.82) is 0 Å². The first-order chi connectivity index (χ1) is 7.97. The number of carbonyl (C=O) groups is 1. The van der Waals surface area contributed by atoms with E-state index in [4.69, 9.17) is 0 Å². The van der Waals surface area contributed by atoms with Gasteiger partial charge in [-0.3, -0.25) is 4.79 Å². The molecule has 2 aliphatic heterocycles. The molecule has 2 heterocycles. The summed E-state index contributed by atoms with van der Waals surface area (Å²) in [5, 5.41) is 6.08. The Bertz CT molecular complexity index is 413. The summed E-state index contributed by atoms with van der Waals surface area (Å²) in [6.45, 7) is 7.63. The van der Waals surface area contributed by atoms with Crippen LogP contribution in [0.5, 0.6) is 0 Å². The summed E-state index contributed by atoms with van der Waals surface area (Å²) in [5.74, 6) is -0.0302. The van der Waals surface area contributed by atoms with Crippen molar-refractivity contribution in [2.75, 3.05) is 13.2 Å². The fourth-order valence-corrected chi connectivity index (χ4v) is 1.73. The maximum atomic E-state index is 12.0. The molecule has 0 aromatic carbocycles. The van der Waals surface area contributed by atoms with Gasteiger partial charge in [0.25, 0.3) is 5.91 Å². The molecule has 2 aliphatic rings. The molecule has 17 heavy (non-hydrogen) atoms. The molecule has 0 fully saturated rings. The third kappa shape index (κ3) is 2.70. The number of hydrogen-bond acceptors (Lipinski definition) is 3. The summed E-state index contributed by atoms with van der Waals surface area (Å²) < 4.78 is 0. The molecule has 92 valence electrons. The molecule has 4 heteroatoms. The van der Waals surface area contributed by atoms with Gasteiger partial charge in [0.05, 0.1) is 12.4 Å². The van der Waals surface area contributed by atoms with Crippen LogP contribution in [0.3, 0.4) is 0 Å². The topological polar surface area (TPSA) is 44.4 Å². The Hall–Kier alpha value is -1.71. The van der Waals surface area contributed by atoms with Crippen molar-refractivity contribution in [3.05, 3.63) is 35.8 Å². The molecule has 4 nitrogen and oxygen atoms in total. The molecule has 2 N–H and O–H groups in total. The minimum absolute atomic E-state index is 0.0302. The van der Waals surface area contributed by atoms with Crippen molar-refractivity contribution in [3.63, 3.8) is 0 Å². The van der Waals surface area contributed by atoms with Gasteiger partial charge >= 0.3 is 0 Å². The van der Waals surface area contributed by atoms with Crippen LogP contribution in [0.4, 0.5) is 0 Å². The summed E-state index contributed by atoms with van der Waals surface area (Å²) in [6.07, 6.45) is 7.81. The van der Waals surface area contributed by atoms with Gasteiger partial charge in [-0.15, -0.1) is 0 Å². The van der Waals surface area contributed by atoms with Crippen molar-refractivity contribution < 1.29 is 4.79 Å². The molecule has 0 unspecified atom stereocenters. The minimum atomic E-state index is -0.0302. The third-order valence-electron chi connectivity index (χ3n) is 2.63. The number of amides is 1. The molecule has 0 saturated carbocycles. The first-order valence-electron chi connectivity index (χ1n) is 5.85. The number of rotatable bonds is 2. The highest BCUT2D eigenvalue weighted by Gasteiger charge is 2.25. The van der Waals surface area contributed by atoms with Gasteiger partial charge in [0, 0.05) is 12.7 Å². The van der Waals surface area contributed by atoms with Crippen LogP contribution in [0.25, 0.3) is 0 Å². The van der Waals surface area contributed by atoms with Gasteiger partial charge in [0.15, 0.2) is 0 Å². The lowest BCUT2D eigenvalue weighted by molar-refractivity contribution is -0.118. The van der Waals surface area contributed by atoms with Crippen molar-refractivity contribution in [2.24, 2.45) is 5.41 Å². The Labute approximate surface area is 102 Å². The van der Waals surface area contributed by atoms with Crippen LogP contribution in [-0.4, -0.2) is 24.0 Å². The van der Waals surface area contributed by atoms with Crippen LogP contribution in [0, 0.1) is 5.41 Å². The van der Waals surface area contributed by atoms with Crippen molar-refractivity contribution >= 4 is 5.91 Å². The van der Waals surface area contributed by atoms with Crippen LogP contribution in [-0.2, 0) is 4.79 Å². The molecule has 0 atom stereocenters. The summed E-state index contributed by atoms with van der Waals surface area (Å²) in [6, 6.07) is 0. The van der Waals surface area contributed by atoms with E-state index in [1.165, 1.54) is 0 Å². The number of allylic oxidation sites excluding steroid dienone is 3. The van der Waals surface area contributed by atoms with E-state index >= 15 is 0 Å². The molecule has 0 aliphatic carbocycles. The molecule has 0 aromatic rings. The van der Waals surface area contributed by atoms with Crippen LogP contribution < -0.4 is 10.6 Å². The highest BCUT2D eigenvalue weighted by atomic mass is 16.2. The molecule has 1 amide bonds. The monoisotopic (exact) mass is 233 g/mol. The second kappa shape index (κ2) is 4.28. The number of hydrogen-bond donors (Lipinski definition) is 2. The normalized spacial score (nSPS) is 18.2. The predicted octanol–water partition coefficient (Wildman–Crippen LogP) is 1.31. The molecule has 0 radical (unpaired) electrons. The lowest BCUT2D eigenvalue weighted by atomic mass is 9.97. The average molecular weight is 233 g/mol. The van der Waals surface area contributed by atoms with Crippen LogP contribution >= 0.6 is 0 Å². The Morgan fingerprint density at radius 2 is 2.24 bits per heavy atom. The fourth-order valence-electron chi connectivity index (χ4n) is 1.73. The highest BCUT2D eigenvalue weighted by Crippen LogP contribution is 2.20. The fraction of sp³-hybridized carbons (Fsp3) is 0.462. The first kappa shape index (κ1) is 11.8. The van der Waals surface area contributed by atoms with E-state index in [2.05, 4.69) is 31.4 Å². The van der Waals surface area contributed by atoms with Gasteiger partial charge in [0.1, 0.15) is 5.70 Å². The number of fused-ring (bicyclic) bond motifs is 1. The van der Waals surface area contributed by atoms with Crippen molar-refractivity contribution in [3.8, 4) is 0 Å². The zero-order valence-electron chi connectivity index (χ0n) is 10.6. The van der Waals surface area contributed by atoms with E-state index in [0.717, 1.165) is 5.70 Å². The Kier molecular flexibility index (Phi) is 2.96. The van der Waals surface area contributed by atoms with Crippen molar-refractivity contribution in [1.82, 2.24) is 15.5 Å². The van der Waals surface area contributed by atoms with Crippen LogP contribution in [0.2, 0.25) is 0 Å². The molecule has 0 bridgehead atoms. The minimum Gasteiger partial charge on any atom is -0.361 e. The van der Waals surface area contributed by atoms with Crippen molar-refractivity contribution in [2.45, 2.75) is 20.8 Å². The van der Waals surface area contributed by atoms with Crippen LogP contribution in [0.15, 0.2) is 35.8 Å².